The van der Waals surface area contributed by atoms with E-state index in [-0.39, 0.29) is 41.4 Å². The fourth-order valence-corrected chi connectivity index (χ4v) is 12.6. The zero-order chi connectivity index (χ0) is 40.7. The maximum atomic E-state index is 15.0. The van der Waals surface area contributed by atoms with E-state index in [1.165, 1.54) is 21.3 Å². The summed E-state index contributed by atoms with van der Waals surface area (Å²) < 4.78 is 51.8. The Hall–Kier alpha value is -5.58. The highest BCUT2D eigenvalue weighted by Crippen LogP contribution is 2.70. The second-order valence-electron chi connectivity index (χ2n) is 15.5. The Morgan fingerprint density at radius 1 is 0.672 bits per heavy atom. The largest absolute Gasteiger partial charge is 0.768 e. The number of hydrogen-bond acceptors (Lipinski definition) is 9. The fourth-order valence-electron chi connectivity index (χ4n) is 10.6. The smallest absolute Gasteiger partial charge is 0.266 e. The van der Waals surface area contributed by atoms with E-state index in [2.05, 4.69) is 16.0 Å². The summed E-state index contributed by atoms with van der Waals surface area (Å²) in [6.07, 6.45) is -0.962. The van der Waals surface area contributed by atoms with E-state index in [0.29, 0.717) is 29.0 Å². The molecule has 6 heterocycles. The normalized spacial score (nSPS) is 30.7. The molecule has 4 saturated heterocycles. The molecule has 0 spiro atoms. The van der Waals surface area contributed by atoms with E-state index in [1.807, 2.05) is 50.2 Å². The van der Waals surface area contributed by atoms with Gasteiger partial charge in [-0.2, -0.15) is 0 Å². The van der Waals surface area contributed by atoms with E-state index >= 15 is 8.42 Å². The Kier molecular flexibility index (Phi) is 9.02. The maximum absolute atomic E-state index is 15.0. The van der Waals surface area contributed by atoms with Gasteiger partial charge in [0.05, 0.1) is 21.4 Å². The van der Waals surface area contributed by atoms with Gasteiger partial charge in [-0.3, -0.25) is 23.4 Å². The van der Waals surface area contributed by atoms with Gasteiger partial charge in [0.25, 0.3) is 10.0 Å². The Morgan fingerprint density at radius 3 is 1.79 bits per heavy atom. The molecule has 6 aliphatic heterocycles. The molecule has 0 radical (unpaired) electrons. The number of fused-ring (bicyclic) bond motifs is 11. The molecule has 0 aliphatic carbocycles. The number of piperazine rings is 2. The van der Waals surface area contributed by atoms with Crippen LogP contribution in [0.2, 0.25) is 0 Å². The van der Waals surface area contributed by atoms with Crippen molar-refractivity contribution >= 4 is 56.1 Å². The molecular formula is C42H41N6O8S2-. The third kappa shape index (κ3) is 5.10. The highest BCUT2D eigenvalue weighted by Gasteiger charge is 2.80. The molecule has 4 amide bonds. The lowest BCUT2D eigenvalue weighted by molar-refractivity contribution is -0.149. The summed E-state index contributed by atoms with van der Waals surface area (Å²) in [5.41, 5.74) is 0.249. The van der Waals surface area contributed by atoms with Gasteiger partial charge in [-0.1, -0.05) is 86.6 Å². The van der Waals surface area contributed by atoms with Gasteiger partial charge in [0.15, 0.2) is 0 Å². The number of rotatable bonds is 6. The Labute approximate surface area is 338 Å². The number of hydrogen-bond donors (Lipinski definition) is 3. The molecule has 4 aromatic rings. The minimum Gasteiger partial charge on any atom is -0.768 e. The summed E-state index contributed by atoms with van der Waals surface area (Å²) >= 11 is -2.08. The fraction of sp³-hybridized carbons (Fsp3) is 0.333. The molecule has 300 valence electrons. The first kappa shape index (κ1) is 38.0. The van der Waals surface area contributed by atoms with Crippen LogP contribution in [0.4, 0.5) is 11.4 Å². The minimum atomic E-state index is -4.33. The minimum absolute atomic E-state index is 0.0492. The van der Waals surface area contributed by atoms with Crippen molar-refractivity contribution in [2.75, 3.05) is 9.62 Å². The molecular weight excluding hydrogens is 781 g/mol. The van der Waals surface area contributed by atoms with Crippen molar-refractivity contribution in [1.82, 2.24) is 20.4 Å². The molecule has 6 aliphatic rings. The van der Waals surface area contributed by atoms with Crippen molar-refractivity contribution in [3.05, 3.63) is 120 Å². The quantitative estimate of drug-likeness (QED) is 0.246. The number of nitrogens with one attached hydrogen (secondary N) is 3. The van der Waals surface area contributed by atoms with E-state index in [4.69, 9.17) is 0 Å². The zero-order valence-electron chi connectivity index (χ0n) is 31.6. The lowest BCUT2D eigenvalue weighted by atomic mass is 9.54. The van der Waals surface area contributed by atoms with Crippen LogP contribution >= 0.6 is 0 Å². The molecule has 4 aromatic carbocycles. The van der Waals surface area contributed by atoms with Gasteiger partial charge in [0, 0.05) is 10.6 Å². The van der Waals surface area contributed by atoms with Crippen LogP contribution in [0.15, 0.2) is 119 Å². The molecule has 4 fully saturated rings. The first-order valence-electron chi connectivity index (χ1n) is 19.4. The SMILES string of the molecule is CC[C@@H]1NC(=O)[C@@H]2C[C@]3(C45C[C@H]6C(=O)N[C@@H](CC)C(=O)N6[C@H]4N(S(=O)(=O)c4ccccc4)c4ccccc45)c4ccccc4N[C@@H]3N2C1=O.O=S([O-])c1ccccc1. The Balaban J connectivity index is 0.000000430. The van der Waals surface area contributed by atoms with E-state index < -0.39 is 68.4 Å². The van der Waals surface area contributed by atoms with E-state index in [9.17, 15) is 27.9 Å². The predicted octanol–water partition coefficient (Wildman–Crippen LogP) is 3.09. The standard InChI is InChI=1S/C36H36N6O6S.C6H6O2S/c1-3-23-31(45)40-27(29(43)37-23)18-35(21-14-8-10-16-25(21)39-33(35)40)36-19-28-30(44)38-24(4-2)32(46)41(28)34(36)42(26-17-11-9-15-22(26)36)49(47,48)20-12-6-5-7-13-20;7-9(8)6-4-2-1-3-5-6/h5-17,23-24,27-28,33-34,39H,3-4,18-19H2,1-2H3,(H,37,43)(H,38,44);1-5H,(H,7,8)/p-1/t23-,24-,27-,28-,33+,34-,35-,36?;/m0./s1. The first-order chi connectivity index (χ1) is 27.9. The zero-order valence-corrected chi connectivity index (χ0v) is 33.2. The number of carbonyl (C=O) groups excluding carboxylic acids is 4. The number of anilines is 2. The molecule has 58 heavy (non-hydrogen) atoms. The number of benzene rings is 4. The molecule has 0 saturated carbocycles. The van der Waals surface area contributed by atoms with Gasteiger partial charge in [-0.05, 0) is 84.3 Å². The van der Waals surface area contributed by atoms with Crippen molar-refractivity contribution in [3.63, 3.8) is 0 Å². The average Bonchev–Trinajstić information content (AvgIpc) is 3.96. The van der Waals surface area contributed by atoms with Gasteiger partial charge >= 0.3 is 0 Å². The van der Waals surface area contributed by atoms with Crippen LogP contribution in [0.5, 0.6) is 0 Å². The summed E-state index contributed by atoms with van der Waals surface area (Å²) in [4.78, 5) is 60.3. The maximum Gasteiger partial charge on any atom is 0.266 e. The van der Waals surface area contributed by atoms with Crippen LogP contribution in [0, 0.1) is 0 Å². The highest BCUT2D eigenvalue weighted by molar-refractivity contribution is 7.93. The van der Waals surface area contributed by atoms with Crippen molar-refractivity contribution in [2.45, 2.75) is 96.7 Å². The van der Waals surface area contributed by atoms with Gasteiger partial charge in [0.1, 0.15) is 36.5 Å². The van der Waals surface area contributed by atoms with Crippen LogP contribution in [0.3, 0.4) is 0 Å². The highest BCUT2D eigenvalue weighted by atomic mass is 32.2. The van der Waals surface area contributed by atoms with Crippen LogP contribution in [0.25, 0.3) is 0 Å². The summed E-state index contributed by atoms with van der Waals surface area (Å²) in [5, 5.41) is 9.44. The van der Waals surface area contributed by atoms with E-state index in [1.54, 1.807) is 65.6 Å². The number of amides is 4. The lowest BCUT2D eigenvalue weighted by Gasteiger charge is -2.49. The number of nitrogens with zero attached hydrogens (tertiary/aromatic N) is 3. The van der Waals surface area contributed by atoms with E-state index in [0.717, 1.165) is 11.3 Å². The third-order valence-electron chi connectivity index (χ3n) is 12.9. The summed E-state index contributed by atoms with van der Waals surface area (Å²) in [6, 6.07) is 27.9. The molecule has 0 bridgehead atoms. The molecule has 2 unspecified atom stereocenters. The average molecular weight is 822 g/mol. The van der Waals surface area contributed by atoms with Crippen LogP contribution in [-0.4, -0.2) is 87.1 Å². The summed E-state index contributed by atoms with van der Waals surface area (Å²) in [7, 11) is -4.33. The molecule has 9 atom stereocenters. The first-order valence-corrected chi connectivity index (χ1v) is 21.9. The summed E-state index contributed by atoms with van der Waals surface area (Å²) in [6.45, 7) is 3.66. The lowest BCUT2D eigenvalue weighted by Crippen LogP contribution is -2.68. The number of para-hydroxylation sites is 2. The predicted molar refractivity (Wildman–Crippen MR) is 212 cm³/mol. The molecule has 16 heteroatoms. The van der Waals surface area contributed by atoms with Crippen LogP contribution in [-0.2, 0) is 51.1 Å². The third-order valence-corrected chi connectivity index (χ3v) is 15.3. The Bertz CT molecular complexity index is 2490. The van der Waals surface area contributed by atoms with Crippen LogP contribution < -0.4 is 20.3 Å². The summed E-state index contributed by atoms with van der Waals surface area (Å²) in [5.74, 6) is -1.20. The van der Waals surface area contributed by atoms with Gasteiger partial charge in [-0.15, -0.1) is 0 Å². The number of carbonyl (C=O) groups is 4. The Morgan fingerprint density at radius 2 is 1.19 bits per heavy atom. The molecule has 10 rings (SSSR count). The topological polar surface area (TPSA) is 188 Å². The van der Waals surface area contributed by atoms with Crippen molar-refractivity contribution in [3.8, 4) is 0 Å². The van der Waals surface area contributed by atoms with Crippen molar-refractivity contribution in [1.29, 1.82) is 0 Å². The van der Waals surface area contributed by atoms with Gasteiger partial charge in [0.2, 0.25) is 23.6 Å². The molecule has 3 N–H and O–H groups in total. The van der Waals surface area contributed by atoms with Crippen molar-refractivity contribution in [2.24, 2.45) is 0 Å². The molecule has 0 aromatic heterocycles. The van der Waals surface area contributed by atoms with Crippen LogP contribution in [0.1, 0.15) is 50.7 Å². The molecule has 14 nitrogen and oxygen atoms in total. The second kappa shape index (κ2) is 13.8. The monoisotopic (exact) mass is 821 g/mol. The van der Waals surface area contributed by atoms with Gasteiger partial charge in [-0.25, -0.2) is 12.7 Å². The van der Waals surface area contributed by atoms with Gasteiger partial charge < -0.3 is 30.3 Å². The van der Waals surface area contributed by atoms with Crippen molar-refractivity contribution < 1.29 is 36.4 Å². The number of sulfonamides is 1. The second-order valence-corrected chi connectivity index (χ2v) is 18.2.